The average Bonchev–Trinajstić information content (AvgIpc) is 3.34. The van der Waals surface area contributed by atoms with Crippen LogP contribution in [0, 0.1) is 0 Å². The molecule has 4 heterocycles. The largest absolute Gasteiger partial charge is 0.382 e. The normalized spacial score (nSPS) is 15.2. The van der Waals surface area contributed by atoms with Crippen molar-refractivity contribution in [3.63, 3.8) is 0 Å². The fourth-order valence-electron chi connectivity index (χ4n) is 4.38. The van der Waals surface area contributed by atoms with E-state index in [1.54, 1.807) is 28.7 Å². The van der Waals surface area contributed by atoms with Gasteiger partial charge in [-0.1, -0.05) is 26.7 Å². The molecule has 2 aliphatic carbocycles. The molecule has 11 heteroatoms. The van der Waals surface area contributed by atoms with Crippen LogP contribution in [0.4, 0.5) is 5.82 Å². The highest BCUT2D eigenvalue weighted by Gasteiger charge is 2.29. The first kappa shape index (κ1) is 26.3. The second kappa shape index (κ2) is 11.5. The molecular formula is C26H37N9O2. The van der Waals surface area contributed by atoms with Gasteiger partial charge in [-0.25, -0.2) is 14.5 Å². The molecule has 2 fully saturated rings. The van der Waals surface area contributed by atoms with E-state index in [1.807, 2.05) is 51.0 Å². The van der Waals surface area contributed by atoms with E-state index in [-0.39, 0.29) is 17.8 Å². The van der Waals surface area contributed by atoms with E-state index in [9.17, 15) is 4.79 Å². The molecule has 0 saturated heterocycles. The smallest absolute Gasteiger partial charge is 0.254 e. The van der Waals surface area contributed by atoms with Gasteiger partial charge in [0.1, 0.15) is 5.52 Å². The predicted molar refractivity (Wildman–Crippen MR) is 143 cm³/mol. The third kappa shape index (κ3) is 5.82. The summed E-state index contributed by atoms with van der Waals surface area (Å²) >= 11 is 0. The molecule has 0 aliphatic heterocycles. The fraction of sp³-hybridized carbons (Fsp3) is 0.500. The van der Waals surface area contributed by atoms with Gasteiger partial charge in [0.25, 0.3) is 5.91 Å². The van der Waals surface area contributed by atoms with Gasteiger partial charge in [0.15, 0.2) is 11.6 Å². The molecule has 0 spiro atoms. The highest BCUT2D eigenvalue weighted by atomic mass is 16.5. The number of methoxy groups -OCH3 is 1. The Morgan fingerprint density at radius 3 is 2.38 bits per heavy atom. The maximum atomic E-state index is 13.0. The Labute approximate surface area is 217 Å². The van der Waals surface area contributed by atoms with Crippen molar-refractivity contribution in [2.45, 2.75) is 64.5 Å². The molecule has 6 rings (SSSR count). The summed E-state index contributed by atoms with van der Waals surface area (Å²) in [6.07, 6.45) is 15.0. The van der Waals surface area contributed by atoms with Crippen molar-refractivity contribution in [1.82, 2.24) is 39.2 Å². The van der Waals surface area contributed by atoms with Crippen LogP contribution in [-0.2, 0) is 18.8 Å². The molecule has 1 amide bonds. The molecule has 2 saturated carbocycles. The van der Waals surface area contributed by atoms with Crippen molar-refractivity contribution in [3.05, 3.63) is 36.4 Å². The predicted octanol–water partition coefficient (Wildman–Crippen LogP) is 3.61. The van der Waals surface area contributed by atoms with Crippen molar-refractivity contribution < 1.29 is 9.53 Å². The van der Waals surface area contributed by atoms with Gasteiger partial charge in [-0.15, -0.1) is 5.10 Å². The number of nitrogens with one attached hydrogen (secondary N) is 1. The van der Waals surface area contributed by atoms with Crippen LogP contribution in [0.25, 0.3) is 28.4 Å². The van der Waals surface area contributed by atoms with Gasteiger partial charge >= 0.3 is 0 Å². The van der Waals surface area contributed by atoms with Gasteiger partial charge in [-0.3, -0.25) is 9.48 Å². The van der Waals surface area contributed by atoms with Crippen LogP contribution in [0.5, 0.6) is 0 Å². The van der Waals surface area contributed by atoms with Crippen LogP contribution in [0.2, 0.25) is 0 Å². The summed E-state index contributed by atoms with van der Waals surface area (Å²) in [5.74, 6) is 1.00. The van der Waals surface area contributed by atoms with Gasteiger partial charge in [-0.2, -0.15) is 5.10 Å². The highest BCUT2D eigenvalue weighted by molar-refractivity contribution is 6.09. The Morgan fingerprint density at radius 1 is 1.11 bits per heavy atom. The van der Waals surface area contributed by atoms with Gasteiger partial charge in [0, 0.05) is 57.6 Å². The Hall–Kier alpha value is -3.73. The molecule has 4 aromatic heterocycles. The van der Waals surface area contributed by atoms with Crippen LogP contribution in [0.3, 0.4) is 0 Å². The standard InChI is InChI=1S/C18H19N9O.C6H12O.C2H6/c1-25-8-6-20-17(25)16-22-15(19)14-13(18(28)21-10-3-4-10)11(9-27(14)24-16)12-5-7-26(2)23-12;1-7-6-4-2-3-5-6;1-2/h5-10H,3-4H2,1-2H3,(H,21,28)(H2,19,22,24);6H,2-5H2,1H3;1-2H3. The number of carbonyl (C=O) groups is 1. The number of amides is 1. The number of ether oxygens (including phenoxy) is 1. The Kier molecular flexibility index (Phi) is 8.22. The molecule has 0 aromatic carbocycles. The number of hydrogen-bond donors (Lipinski definition) is 2. The van der Waals surface area contributed by atoms with Crippen LogP contribution < -0.4 is 11.1 Å². The Morgan fingerprint density at radius 2 is 1.84 bits per heavy atom. The molecular weight excluding hydrogens is 470 g/mol. The van der Waals surface area contributed by atoms with Gasteiger partial charge in [0.05, 0.1) is 17.4 Å². The van der Waals surface area contributed by atoms with E-state index in [2.05, 4.69) is 25.5 Å². The number of hydrogen-bond acceptors (Lipinski definition) is 7. The van der Waals surface area contributed by atoms with Crippen molar-refractivity contribution >= 4 is 17.2 Å². The summed E-state index contributed by atoms with van der Waals surface area (Å²) in [4.78, 5) is 21.7. The molecule has 3 N–H and O–H groups in total. The number of carbonyl (C=O) groups excluding carboxylic acids is 1. The zero-order valence-electron chi connectivity index (χ0n) is 22.3. The number of nitrogens with two attached hydrogens (primary N) is 1. The van der Waals surface area contributed by atoms with Crippen molar-refractivity contribution in [1.29, 1.82) is 0 Å². The van der Waals surface area contributed by atoms with Crippen LogP contribution in [-0.4, -0.2) is 59.1 Å². The van der Waals surface area contributed by atoms with E-state index in [0.717, 1.165) is 12.8 Å². The summed E-state index contributed by atoms with van der Waals surface area (Å²) in [6.45, 7) is 4.00. The maximum Gasteiger partial charge on any atom is 0.254 e. The first-order valence-electron chi connectivity index (χ1n) is 12.9. The quantitative estimate of drug-likeness (QED) is 0.422. The van der Waals surface area contributed by atoms with E-state index < -0.39 is 0 Å². The second-order valence-electron chi connectivity index (χ2n) is 9.16. The van der Waals surface area contributed by atoms with E-state index in [4.69, 9.17) is 10.5 Å². The number of nitrogen functional groups attached to an aromatic ring is 1. The molecule has 0 bridgehead atoms. The zero-order chi connectivity index (χ0) is 26.5. The van der Waals surface area contributed by atoms with Gasteiger partial charge in [-0.05, 0) is 31.7 Å². The Bertz CT molecular complexity index is 1340. The average molecular weight is 508 g/mol. The summed E-state index contributed by atoms with van der Waals surface area (Å²) < 4.78 is 10.2. The molecule has 37 heavy (non-hydrogen) atoms. The van der Waals surface area contributed by atoms with Crippen LogP contribution in [0.1, 0.15) is 62.7 Å². The number of aryl methyl sites for hydroxylation is 2. The topological polar surface area (TPSA) is 130 Å². The fourth-order valence-corrected chi connectivity index (χ4v) is 4.38. The minimum absolute atomic E-state index is 0.189. The lowest BCUT2D eigenvalue weighted by Gasteiger charge is -2.07. The summed E-state index contributed by atoms with van der Waals surface area (Å²) in [5, 5.41) is 12.0. The first-order valence-corrected chi connectivity index (χ1v) is 12.9. The van der Waals surface area contributed by atoms with E-state index in [0.29, 0.717) is 40.1 Å². The summed E-state index contributed by atoms with van der Waals surface area (Å²) in [7, 11) is 5.49. The second-order valence-corrected chi connectivity index (χ2v) is 9.16. The number of fused-ring (bicyclic) bond motifs is 1. The highest BCUT2D eigenvalue weighted by Crippen LogP contribution is 2.31. The lowest BCUT2D eigenvalue weighted by atomic mass is 10.1. The van der Waals surface area contributed by atoms with Gasteiger partial charge in [0.2, 0.25) is 5.82 Å². The monoisotopic (exact) mass is 507 g/mol. The first-order chi connectivity index (χ1) is 17.9. The third-order valence-electron chi connectivity index (χ3n) is 6.44. The molecule has 2 aliphatic rings. The molecule has 198 valence electrons. The van der Waals surface area contributed by atoms with E-state index >= 15 is 0 Å². The van der Waals surface area contributed by atoms with Crippen molar-refractivity contribution in [3.8, 4) is 22.9 Å². The summed E-state index contributed by atoms with van der Waals surface area (Å²) in [6, 6.07) is 2.07. The maximum absolute atomic E-state index is 13.0. The lowest BCUT2D eigenvalue weighted by molar-refractivity contribution is 0.0953. The lowest BCUT2D eigenvalue weighted by Crippen LogP contribution is -2.26. The molecule has 0 atom stereocenters. The SMILES string of the molecule is CC.COC1CCCC1.Cn1ccc(-c2cn3nc(-c4nccn4C)nc(N)c3c2C(=O)NC2CC2)n1. The molecule has 0 radical (unpaired) electrons. The third-order valence-corrected chi connectivity index (χ3v) is 6.44. The minimum Gasteiger partial charge on any atom is -0.382 e. The number of rotatable bonds is 5. The zero-order valence-corrected chi connectivity index (χ0v) is 22.3. The van der Waals surface area contributed by atoms with Crippen LogP contribution in [0.15, 0.2) is 30.9 Å². The summed E-state index contributed by atoms with van der Waals surface area (Å²) in [5.41, 5.74) is 8.53. The molecule has 4 aromatic rings. The van der Waals surface area contributed by atoms with Crippen LogP contribution >= 0.6 is 0 Å². The van der Waals surface area contributed by atoms with Crippen molar-refractivity contribution in [2.24, 2.45) is 14.1 Å². The number of aromatic nitrogens is 7. The molecule has 11 nitrogen and oxygen atoms in total. The number of imidazole rings is 1. The molecule has 0 unspecified atom stereocenters. The van der Waals surface area contributed by atoms with Gasteiger partial charge < -0.3 is 20.4 Å². The van der Waals surface area contributed by atoms with Crippen molar-refractivity contribution in [2.75, 3.05) is 12.8 Å². The number of anilines is 1. The number of nitrogens with zero attached hydrogens (tertiary/aromatic N) is 7. The van der Waals surface area contributed by atoms with E-state index in [1.165, 1.54) is 25.7 Å². The Balaban J connectivity index is 0.000000305. The minimum atomic E-state index is -0.189.